The van der Waals surface area contributed by atoms with Gasteiger partial charge in [-0.15, -0.1) is 0 Å². The lowest BCUT2D eigenvalue weighted by atomic mass is 10.2. The number of benzene rings is 3. The van der Waals surface area contributed by atoms with Gasteiger partial charge in [0.05, 0.1) is 14.2 Å². The number of methoxy groups -OCH3 is 2. The molecule has 0 aliphatic rings. The van der Waals surface area contributed by atoms with E-state index in [0.29, 0.717) is 34.2 Å². The van der Waals surface area contributed by atoms with Crippen LogP contribution in [0.25, 0.3) is 0 Å². The van der Waals surface area contributed by atoms with Gasteiger partial charge in [-0.05, 0) is 60.7 Å². The second kappa shape index (κ2) is 9.97. The molecule has 0 fully saturated rings. The van der Waals surface area contributed by atoms with Crippen LogP contribution in [0.5, 0.6) is 23.0 Å². The fraction of sp³-hybridized carbons (Fsp3) is 0.130. The molecule has 0 atom stereocenters. The van der Waals surface area contributed by atoms with Gasteiger partial charge in [-0.3, -0.25) is 4.79 Å². The van der Waals surface area contributed by atoms with Crippen LogP contribution in [-0.2, 0) is 4.79 Å². The topological polar surface area (TPSA) is 83.1 Å². The Morgan fingerprint density at radius 1 is 0.767 bits per heavy atom. The van der Waals surface area contributed by atoms with Gasteiger partial charge in [-0.1, -0.05) is 12.1 Å². The maximum absolute atomic E-state index is 12.3. The summed E-state index contributed by atoms with van der Waals surface area (Å²) >= 11 is 0. The van der Waals surface area contributed by atoms with E-state index >= 15 is 0 Å². The average Bonchev–Trinajstić information content (AvgIpc) is 2.79. The van der Waals surface area contributed by atoms with Crippen molar-refractivity contribution in [2.45, 2.75) is 0 Å². The quantitative estimate of drug-likeness (QED) is 0.450. The first-order valence-electron chi connectivity index (χ1n) is 9.11. The van der Waals surface area contributed by atoms with Crippen LogP contribution < -0.4 is 24.3 Å². The van der Waals surface area contributed by atoms with Gasteiger partial charge in [0.2, 0.25) is 0 Å². The standard InChI is InChI=1S/C23H21NO6/c1-27-18-13-9-17(10-14-18)24-23(26)16-7-11-19(12-8-16)30-22(25)15-29-21-6-4-3-5-20(21)28-2/h3-14H,15H2,1-2H3,(H,24,26). The van der Waals surface area contributed by atoms with Crippen molar-refractivity contribution in [2.24, 2.45) is 0 Å². The molecule has 7 heteroatoms. The van der Waals surface area contributed by atoms with Gasteiger partial charge in [0.1, 0.15) is 11.5 Å². The fourth-order valence-electron chi connectivity index (χ4n) is 2.59. The molecule has 0 unspecified atom stereocenters. The predicted octanol–water partition coefficient (Wildman–Crippen LogP) is 3.94. The zero-order valence-corrected chi connectivity index (χ0v) is 16.6. The Balaban J connectivity index is 1.53. The van der Waals surface area contributed by atoms with E-state index in [-0.39, 0.29) is 12.5 Å². The van der Waals surface area contributed by atoms with Crippen LogP contribution in [0.2, 0.25) is 0 Å². The highest BCUT2D eigenvalue weighted by atomic mass is 16.6. The minimum absolute atomic E-state index is 0.278. The molecule has 0 saturated heterocycles. The number of ether oxygens (including phenoxy) is 4. The summed E-state index contributed by atoms with van der Waals surface area (Å²) in [5, 5.41) is 2.78. The van der Waals surface area contributed by atoms with Gasteiger partial charge >= 0.3 is 5.97 Å². The van der Waals surface area contributed by atoms with Crippen molar-refractivity contribution < 1.29 is 28.5 Å². The first-order chi connectivity index (χ1) is 14.6. The molecule has 0 bridgehead atoms. The number of esters is 1. The molecule has 0 aliphatic heterocycles. The Morgan fingerprint density at radius 3 is 2.03 bits per heavy atom. The van der Waals surface area contributed by atoms with Crippen molar-refractivity contribution in [2.75, 3.05) is 26.1 Å². The summed E-state index contributed by atoms with van der Waals surface area (Å²) in [6.07, 6.45) is 0. The maximum atomic E-state index is 12.3. The molecule has 3 rings (SSSR count). The summed E-state index contributed by atoms with van der Waals surface area (Å²) in [4.78, 5) is 24.4. The molecular formula is C23H21NO6. The molecule has 154 valence electrons. The Labute approximate surface area is 174 Å². The molecule has 3 aromatic carbocycles. The number of hydrogen-bond acceptors (Lipinski definition) is 6. The molecule has 0 spiro atoms. The molecule has 0 radical (unpaired) electrons. The second-order valence-corrected chi connectivity index (χ2v) is 6.12. The third-order valence-corrected chi connectivity index (χ3v) is 4.11. The van der Waals surface area contributed by atoms with Gasteiger partial charge in [0.15, 0.2) is 18.1 Å². The summed E-state index contributed by atoms with van der Waals surface area (Å²) in [6.45, 7) is -0.278. The number of anilines is 1. The molecule has 0 aliphatic carbocycles. The summed E-state index contributed by atoms with van der Waals surface area (Å²) in [5.41, 5.74) is 1.07. The van der Waals surface area contributed by atoms with Gasteiger partial charge < -0.3 is 24.3 Å². The fourth-order valence-corrected chi connectivity index (χ4v) is 2.59. The number of para-hydroxylation sites is 2. The highest BCUT2D eigenvalue weighted by molar-refractivity contribution is 6.04. The van der Waals surface area contributed by atoms with Crippen molar-refractivity contribution in [3.05, 3.63) is 78.4 Å². The maximum Gasteiger partial charge on any atom is 0.349 e. The summed E-state index contributed by atoms with van der Waals surface area (Å²) in [5.74, 6) is 1.13. The van der Waals surface area contributed by atoms with E-state index < -0.39 is 5.97 Å². The lowest BCUT2D eigenvalue weighted by Gasteiger charge is -2.10. The zero-order valence-electron chi connectivity index (χ0n) is 16.6. The van der Waals surface area contributed by atoms with Crippen LogP contribution in [0.4, 0.5) is 5.69 Å². The first kappa shape index (κ1) is 20.7. The lowest BCUT2D eigenvalue weighted by molar-refractivity contribution is -0.136. The van der Waals surface area contributed by atoms with Gasteiger partial charge in [-0.2, -0.15) is 0 Å². The molecule has 1 amide bonds. The van der Waals surface area contributed by atoms with Crippen molar-refractivity contribution >= 4 is 17.6 Å². The monoisotopic (exact) mass is 407 g/mol. The number of amides is 1. The third-order valence-electron chi connectivity index (χ3n) is 4.11. The Bertz CT molecular complexity index is 999. The third kappa shape index (κ3) is 5.51. The van der Waals surface area contributed by atoms with Gasteiger partial charge in [0, 0.05) is 11.3 Å². The van der Waals surface area contributed by atoms with E-state index in [1.807, 2.05) is 0 Å². The minimum Gasteiger partial charge on any atom is -0.497 e. The SMILES string of the molecule is COc1ccc(NC(=O)c2ccc(OC(=O)COc3ccccc3OC)cc2)cc1. The average molecular weight is 407 g/mol. The number of carbonyl (C=O) groups is 2. The zero-order chi connectivity index (χ0) is 21.3. The Kier molecular flexibility index (Phi) is 6.89. The number of rotatable bonds is 8. The van der Waals surface area contributed by atoms with Crippen LogP contribution in [0, 0.1) is 0 Å². The highest BCUT2D eigenvalue weighted by Gasteiger charge is 2.11. The molecule has 30 heavy (non-hydrogen) atoms. The molecule has 1 N–H and O–H groups in total. The highest BCUT2D eigenvalue weighted by Crippen LogP contribution is 2.25. The van der Waals surface area contributed by atoms with E-state index in [4.69, 9.17) is 18.9 Å². The van der Waals surface area contributed by atoms with Crippen molar-refractivity contribution in [1.29, 1.82) is 0 Å². The van der Waals surface area contributed by atoms with E-state index in [2.05, 4.69) is 5.32 Å². The number of carbonyl (C=O) groups excluding carboxylic acids is 2. The molecule has 0 saturated carbocycles. The summed E-state index contributed by atoms with van der Waals surface area (Å²) in [6, 6.07) is 20.2. The summed E-state index contributed by atoms with van der Waals surface area (Å²) in [7, 11) is 3.10. The van der Waals surface area contributed by atoms with Gasteiger partial charge in [-0.25, -0.2) is 4.79 Å². The van der Waals surface area contributed by atoms with Crippen LogP contribution >= 0.6 is 0 Å². The molecular weight excluding hydrogens is 386 g/mol. The van der Waals surface area contributed by atoms with Crippen molar-refractivity contribution in [3.63, 3.8) is 0 Å². The van der Waals surface area contributed by atoms with E-state index in [1.165, 1.54) is 7.11 Å². The second-order valence-electron chi connectivity index (χ2n) is 6.12. The van der Waals surface area contributed by atoms with Crippen molar-refractivity contribution in [1.82, 2.24) is 0 Å². The van der Waals surface area contributed by atoms with Crippen LogP contribution in [0.1, 0.15) is 10.4 Å². The summed E-state index contributed by atoms with van der Waals surface area (Å²) < 4.78 is 20.9. The first-order valence-corrected chi connectivity index (χ1v) is 9.11. The largest absolute Gasteiger partial charge is 0.497 e. The molecule has 0 aromatic heterocycles. The van der Waals surface area contributed by atoms with Crippen molar-refractivity contribution in [3.8, 4) is 23.0 Å². The lowest BCUT2D eigenvalue weighted by Crippen LogP contribution is -2.18. The Morgan fingerprint density at radius 2 is 1.40 bits per heavy atom. The molecule has 3 aromatic rings. The van der Waals surface area contributed by atoms with E-state index in [1.54, 1.807) is 79.9 Å². The van der Waals surface area contributed by atoms with Crippen LogP contribution in [0.3, 0.4) is 0 Å². The minimum atomic E-state index is -0.573. The molecule has 0 heterocycles. The van der Waals surface area contributed by atoms with Gasteiger partial charge in [0.25, 0.3) is 5.91 Å². The van der Waals surface area contributed by atoms with E-state index in [0.717, 1.165) is 0 Å². The smallest absolute Gasteiger partial charge is 0.349 e. The Hall–Kier alpha value is -4.00. The van der Waals surface area contributed by atoms with Crippen LogP contribution in [-0.4, -0.2) is 32.7 Å². The molecule has 7 nitrogen and oxygen atoms in total. The number of nitrogens with one attached hydrogen (secondary N) is 1. The normalized spacial score (nSPS) is 10.1. The van der Waals surface area contributed by atoms with Crippen LogP contribution in [0.15, 0.2) is 72.8 Å². The van der Waals surface area contributed by atoms with E-state index in [9.17, 15) is 9.59 Å². The predicted molar refractivity (Wildman–Crippen MR) is 112 cm³/mol. The number of hydrogen-bond donors (Lipinski definition) is 1.